The van der Waals surface area contributed by atoms with Gasteiger partial charge in [-0.2, -0.15) is 13.2 Å². The highest BCUT2D eigenvalue weighted by Gasteiger charge is 2.38. The summed E-state index contributed by atoms with van der Waals surface area (Å²) in [7, 11) is -4.26. The number of pyridine rings is 1. The number of carbonyl (C=O) groups is 2. The lowest BCUT2D eigenvalue weighted by atomic mass is 9.99. The molecule has 0 amide bonds. The first-order chi connectivity index (χ1) is 18.7. The van der Waals surface area contributed by atoms with Crippen LogP contribution in [-0.2, 0) is 14.8 Å². The first kappa shape index (κ1) is 31.0. The van der Waals surface area contributed by atoms with Gasteiger partial charge in [0.25, 0.3) is 10.0 Å². The van der Waals surface area contributed by atoms with Crippen molar-refractivity contribution in [2.24, 2.45) is 0 Å². The van der Waals surface area contributed by atoms with E-state index in [0.29, 0.717) is 31.3 Å². The number of rotatable bonds is 6. The van der Waals surface area contributed by atoms with Crippen molar-refractivity contribution in [3.05, 3.63) is 47.7 Å². The summed E-state index contributed by atoms with van der Waals surface area (Å²) in [5, 5.41) is 16.8. The summed E-state index contributed by atoms with van der Waals surface area (Å²) in [5.41, 5.74) is -0.207. The Labute approximate surface area is 226 Å². The first-order valence-corrected chi connectivity index (χ1v) is 13.7. The zero-order valence-corrected chi connectivity index (χ0v) is 21.8. The van der Waals surface area contributed by atoms with Gasteiger partial charge in [0.05, 0.1) is 16.8 Å². The van der Waals surface area contributed by atoms with Gasteiger partial charge in [-0.05, 0) is 63.0 Å². The predicted octanol–water partition coefficient (Wildman–Crippen LogP) is 3.95. The number of benzene rings is 1. The number of halogens is 5. The van der Waals surface area contributed by atoms with Gasteiger partial charge in [-0.1, -0.05) is 6.42 Å². The van der Waals surface area contributed by atoms with Crippen molar-refractivity contribution in [2.75, 3.05) is 35.8 Å². The molecule has 4 rings (SSSR count). The van der Waals surface area contributed by atoms with Crippen LogP contribution in [0.5, 0.6) is 0 Å². The molecule has 0 aliphatic carbocycles. The molecule has 0 saturated carbocycles. The Bertz CT molecular complexity index is 1330. The van der Waals surface area contributed by atoms with Crippen LogP contribution in [0.15, 0.2) is 35.4 Å². The van der Waals surface area contributed by atoms with E-state index in [9.17, 15) is 40.3 Å². The van der Waals surface area contributed by atoms with Crippen LogP contribution < -0.4 is 9.62 Å². The van der Waals surface area contributed by atoms with E-state index < -0.39 is 44.7 Å². The molecule has 10 nitrogen and oxygen atoms in total. The molecule has 40 heavy (non-hydrogen) atoms. The van der Waals surface area contributed by atoms with Crippen LogP contribution in [0.25, 0.3) is 0 Å². The van der Waals surface area contributed by atoms with E-state index in [-0.39, 0.29) is 17.1 Å². The highest BCUT2D eigenvalue weighted by molar-refractivity contribution is 7.92. The highest BCUT2D eigenvalue weighted by Crippen LogP contribution is 2.28. The van der Waals surface area contributed by atoms with Crippen molar-refractivity contribution in [2.45, 2.75) is 49.2 Å². The third kappa shape index (κ3) is 8.00. The minimum atomic E-state index is -5.08. The summed E-state index contributed by atoms with van der Waals surface area (Å²) in [5.74, 6) is -6.17. The second-order valence-corrected chi connectivity index (χ2v) is 10.9. The number of aliphatic carboxylic acids is 1. The lowest BCUT2D eigenvalue weighted by Crippen LogP contribution is -2.47. The number of likely N-dealkylation sites (tertiary alicyclic amines) is 1. The van der Waals surface area contributed by atoms with Crippen LogP contribution in [0.2, 0.25) is 0 Å². The number of aromatic carboxylic acids is 1. The number of hydrogen-bond donors (Lipinski definition) is 3. The lowest BCUT2D eigenvalue weighted by molar-refractivity contribution is -0.192. The van der Waals surface area contributed by atoms with Gasteiger partial charge in [0.2, 0.25) is 0 Å². The van der Waals surface area contributed by atoms with Gasteiger partial charge in [-0.15, -0.1) is 0 Å². The molecule has 3 N–H and O–H groups in total. The Morgan fingerprint density at radius 2 is 1.55 bits per heavy atom. The number of sulfonamides is 1. The fourth-order valence-electron chi connectivity index (χ4n) is 4.51. The Kier molecular flexibility index (Phi) is 9.89. The molecule has 1 aromatic heterocycles. The molecule has 2 fully saturated rings. The molecule has 0 radical (unpaired) electrons. The fourth-order valence-corrected chi connectivity index (χ4v) is 5.55. The average molecular weight is 595 g/mol. The summed E-state index contributed by atoms with van der Waals surface area (Å²) < 4.78 is 85.6. The third-order valence-electron chi connectivity index (χ3n) is 6.46. The van der Waals surface area contributed by atoms with Crippen molar-refractivity contribution in [1.82, 2.24) is 9.88 Å². The molecular formula is C24H27F5N4O6S. The van der Waals surface area contributed by atoms with Gasteiger partial charge in [0.15, 0.2) is 11.6 Å². The number of piperidine rings is 2. The van der Waals surface area contributed by atoms with Gasteiger partial charge in [0.1, 0.15) is 11.4 Å². The van der Waals surface area contributed by atoms with Gasteiger partial charge in [0, 0.05) is 19.1 Å². The zero-order chi connectivity index (χ0) is 29.7. The number of aromatic nitrogens is 1. The van der Waals surface area contributed by atoms with E-state index in [4.69, 9.17) is 9.90 Å². The minimum absolute atomic E-state index is 0.0796. The van der Waals surface area contributed by atoms with E-state index in [1.54, 1.807) is 0 Å². The molecule has 1 aromatic carbocycles. The summed E-state index contributed by atoms with van der Waals surface area (Å²) >= 11 is 0. The quantitative estimate of drug-likeness (QED) is 0.424. The molecule has 0 spiro atoms. The van der Waals surface area contributed by atoms with E-state index in [0.717, 1.165) is 32.0 Å². The monoisotopic (exact) mass is 594 g/mol. The standard InChI is InChI=1S/C22H26F2N4O4S.C2HF3O2/c23-19-5-4-17(13-20(19)24)33(31,32)26-15-12-18(22(29)30)21(25-14-15)28-10-6-16(7-11-28)27-8-2-1-3-9-27;3-2(4,5)1(6)7/h4-5,12-14,16,26H,1-3,6-11H2,(H,29,30);(H,6,7). The summed E-state index contributed by atoms with van der Waals surface area (Å²) in [4.78, 5) is 29.0. The van der Waals surface area contributed by atoms with Gasteiger partial charge >= 0.3 is 18.1 Å². The maximum atomic E-state index is 13.5. The molecule has 2 saturated heterocycles. The van der Waals surface area contributed by atoms with Gasteiger partial charge in [-0.3, -0.25) is 4.72 Å². The van der Waals surface area contributed by atoms with Crippen LogP contribution in [0.1, 0.15) is 42.5 Å². The summed E-state index contributed by atoms with van der Waals surface area (Å²) in [6.07, 6.45) is 1.67. The zero-order valence-electron chi connectivity index (χ0n) is 21.0. The topological polar surface area (TPSA) is 140 Å². The Balaban J connectivity index is 0.000000559. The number of carboxylic acid groups (broad SMARTS) is 2. The number of nitrogens with one attached hydrogen (secondary N) is 1. The van der Waals surface area contributed by atoms with Crippen LogP contribution in [0, 0.1) is 11.6 Å². The fraction of sp³-hybridized carbons (Fsp3) is 0.458. The second-order valence-electron chi connectivity index (χ2n) is 9.20. The van der Waals surface area contributed by atoms with Gasteiger partial charge < -0.3 is 20.0 Å². The molecule has 2 aliphatic rings. The van der Waals surface area contributed by atoms with Crippen LogP contribution in [0.4, 0.5) is 33.5 Å². The van der Waals surface area contributed by atoms with Crippen LogP contribution in [0.3, 0.4) is 0 Å². The van der Waals surface area contributed by atoms with Crippen molar-refractivity contribution in [1.29, 1.82) is 0 Å². The van der Waals surface area contributed by atoms with Crippen molar-refractivity contribution in [3.63, 3.8) is 0 Å². The van der Waals surface area contributed by atoms with E-state index in [1.807, 2.05) is 4.90 Å². The SMILES string of the molecule is O=C(O)C(F)(F)F.O=C(O)c1cc(NS(=O)(=O)c2ccc(F)c(F)c2)cnc1N1CCC(N2CCCCC2)CC1. The lowest BCUT2D eigenvalue weighted by Gasteiger charge is -2.40. The van der Waals surface area contributed by atoms with Crippen LogP contribution >= 0.6 is 0 Å². The highest BCUT2D eigenvalue weighted by atomic mass is 32.2. The largest absolute Gasteiger partial charge is 0.490 e. The molecule has 0 bridgehead atoms. The van der Waals surface area contributed by atoms with Crippen molar-refractivity contribution in [3.8, 4) is 0 Å². The van der Waals surface area contributed by atoms with Crippen LogP contribution in [-0.4, -0.2) is 78.9 Å². The summed E-state index contributed by atoms with van der Waals surface area (Å²) in [6.45, 7) is 3.54. The van der Waals surface area contributed by atoms with Crippen molar-refractivity contribution >= 4 is 33.5 Å². The second kappa shape index (κ2) is 12.8. The Hall–Kier alpha value is -3.53. The number of carboxylic acids is 2. The molecule has 220 valence electrons. The molecular weight excluding hydrogens is 567 g/mol. The third-order valence-corrected chi connectivity index (χ3v) is 7.84. The Morgan fingerprint density at radius 3 is 2.08 bits per heavy atom. The molecule has 2 aliphatic heterocycles. The smallest absolute Gasteiger partial charge is 0.478 e. The van der Waals surface area contributed by atoms with Gasteiger partial charge in [-0.25, -0.2) is 31.8 Å². The maximum absolute atomic E-state index is 13.5. The normalized spacial score (nSPS) is 17.1. The molecule has 0 atom stereocenters. The number of alkyl halides is 3. The molecule has 2 aromatic rings. The van der Waals surface area contributed by atoms with E-state index >= 15 is 0 Å². The number of nitrogens with zero attached hydrogens (tertiary/aromatic N) is 3. The maximum Gasteiger partial charge on any atom is 0.490 e. The molecule has 0 unspecified atom stereocenters. The molecule has 3 heterocycles. The van der Waals surface area contributed by atoms with E-state index in [2.05, 4.69) is 14.6 Å². The molecule has 16 heteroatoms. The predicted molar refractivity (Wildman–Crippen MR) is 133 cm³/mol. The number of anilines is 2. The number of hydrogen-bond acceptors (Lipinski definition) is 7. The summed E-state index contributed by atoms with van der Waals surface area (Å²) in [6, 6.07) is 3.87. The van der Waals surface area contributed by atoms with Crippen molar-refractivity contribution < 1.29 is 50.2 Å². The average Bonchev–Trinajstić information content (AvgIpc) is 2.90. The minimum Gasteiger partial charge on any atom is -0.478 e. The first-order valence-electron chi connectivity index (χ1n) is 12.2. The van der Waals surface area contributed by atoms with E-state index in [1.165, 1.54) is 31.5 Å². The Morgan fingerprint density at radius 1 is 0.950 bits per heavy atom.